The first kappa shape index (κ1) is 19.6. The van der Waals surface area contributed by atoms with Gasteiger partial charge in [0.2, 0.25) is 0 Å². The van der Waals surface area contributed by atoms with Crippen molar-refractivity contribution in [2.45, 2.75) is 32.7 Å². The Balaban J connectivity index is 2.21. The summed E-state index contributed by atoms with van der Waals surface area (Å²) in [6.07, 6.45) is 4.88. The number of likely N-dealkylation sites (tertiary alicyclic amines) is 1. The van der Waals surface area contributed by atoms with Crippen molar-refractivity contribution < 1.29 is 19.4 Å². The van der Waals surface area contributed by atoms with E-state index in [4.69, 9.17) is 4.74 Å². The number of carbonyl (C=O) groups excluding carboxylic acids is 2. The highest BCUT2D eigenvalue weighted by atomic mass is 16.5. The van der Waals surface area contributed by atoms with Crippen LogP contribution in [0, 0.1) is 6.92 Å². The van der Waals surface area contributed by atoms with Gasteiger partial charge in [-0.05, 0) is 43.2 Å². The molecule has 1 saturated heterocycles. The number of pyridine rings is 1. The average Bonchev–Trinajstić information content (AvgIpc) is 2.97. The zero-order valence-corrected chi connectivity index (χ0v) is 16.3. The lowest BCUT2D eigenvalue weighted by molar-refractivity contribution is -0.139. The topological polar surface area (TPSA) is 79.7 Å². The highest BCUT2D eigenvalue weighted by molar-refractivity contribution is 6.46. The number of aliphatic hydroxyl groups excluding tert-OH is 1. The van der Waals surface area contributed by atoms with Crippen LogP contribution in [0.4, 0.5) is 0 Å². The average molecular weight is 380 g/mol. The molecule has 1 aliphatic rings. The number of aryl methyl sites for hydroxylation is 1. The second-order valence-electron chi connectivity index (χ2n) is 6.83. The molecular formula is C22H24N2O4. The van der Waals surface area contributed by atoms with Gasteiger partial charge in [0, 0.05) is 18.9 Å². The molecule has 1 fully saturated rings. The Morgan fingerprint density at radius 2 is 1.93 bits per heavy atom. The first-order chi connectivity index (χ1) is 13.5. The summed E-state index contributed by atoms with van der Waals surface area (Å²) < 4.78 is 5.36. The Bertz CT molecular complexity index is 921. The van der Waals surface area contributed by atoms with Gasteiger partial charge in [-0.3, -0.25) is 14.6 Å². The zero-order chi connectivity index (χ0) is 20.3. The van der Waals surface area contributed by atoms with Crippen LogP contribution in [0.1, 0.15) is 42.5 Å². The molecule has 3 rings (SSSR count). The van der Waals surface area contributed by atoms with E-state index in [2.05, 4.69) is 4.98 Å². The molecule has 6 nitrogen and oxygen atoms in total. The lowest BCUT2D eigenvalue weighted by atomic mass is 9.95. The van der Waals surface area contributed by atoms with Gasteiger partial charge in [0.05, 0.1) is 24.3 Å². The van der Waals surface area contributed by atoms with E-state index in [0.717, 1.165) is 24.0 Å². The summed E-state index contributed by atoms with van der Waals surface area (Å²) in [7, 11) is 1.50. The number of carbonyl (C=O) groups is 2. The Morgan fingerprint density at radius 3 is 2.57 bits per heavy atom. The van der Waals surface area contributed by atoms with Crippen LogP contribution in [0.3, 0.4) is 0 Å². The zero-order valence-electron chi connectivity index (χ0n) is 16.3. The van der Waals surface area contributed by atoms with Gasteiger partial charge in [0.1, 0.15) is 11.5 Å². The standard InChI is InChI=1S/C22H24N2O4/c1-4-5-12-24-19(15-8-10-23-11-9-15)18(21(26)22(24)27)20(25)16-13-14(2)6-7-17(16)28-3/h6-11,13,19,25H,4-5,12H2,1-3H3/b20-18+. The Morgan fingerprint density at radius 1 is 1.21 bits per heavy atom. The fraction of sp³-hybridized carbons (Fsp3) is 0.318. The van der Waals surface area contributed by atoms with E-state index in [-0.39, 0.29) is 11.3 Å². The molecule has 0 spiro atoms. The van der Waals surface area contributed by atoms with Crippen molar-refractivity contribution in [3.05, 3.63) is 65.0 Å². The number of benzene rings is 1. The molecule has 6 heteroatoms. The third-order valence-electron chi connectivity index (χ3n) is 4.92. The number of Topliss-reactive ketones (excluding diaryl/α,β-unsaturated/α-hetero) is 1. The summed E-state index contributed by atoms with van der Waals surface area (Å²) >= 11 is 0. The van der Waals surface area contributed by atoms with Gasteiger partial charge >= 0.3 is 0 Å². The number of rotatable bonds is 6. The van der Waals surface area contributed by atoms with E-state index in [1.807, 2.05) is 19.9 Å². The van der Waals surface area contributed by atoms with Crippen molar-refractivity contribution in [3.63, 3.8) is 0 Å². The van der Waals surface area contributed by atoms with Crippen molar-refractivity contribution >= 4 is 17.4 Å². The fourth-order valence-corrected chi connectivity index (χ4v) is 3.48. The van der Waals surface area contributed by atoms with Gasteiger partial charge in [-0.1, -0.05) is 25.0 Å². The lowest BCUT2D eigenvalue weighted by Crippen LogP contribution is -2.30. The molecular weight excluding hydrogens is 356 g/mol. The van der Waals surface area contributed by atoms with E-state index in [0.29, 0.717) is 17.9 Å². The molecule has 2 aromatic rings. The minimum atomic E-state index is -0.682. The maximum Gasteiger partial charge on any atom is 0.295 e. The lowest BCUT2D eigenvalue weighted by Gasteiger charge is -2.25. The quantitative estimate of drug-likeness (QED) is 0.470. The smallest absolute Gasteiger partial charge is 0.295 e. The van der Waals surface area contributed by atoms with E-state index >= 15 is 0 Å². The molecule has 0 saturated carbocycles. The Hall–Kier alpha value is -3.15. The number of aliphatic hydroxyl groups is 1. The molecule has 1 atom stereocenters. The minimum absolute atomic E-state index is 0.0798. The highest BCUT2D eigenvalue weighted by Gasteiger charge is 2.45. The molecule has 1 aromatic carbocycles. The predicted octanol–water partition coefficient (Wildman–Crippen LogP) is 3.62. The van der Waals surface area contributed by atoms with Crippen molar-refractivity contribution in [1.82, 2.24) is 9.88 Å². The SMILES string of the molecule is CCCCN1C(=O)C(=O)/C(=C(/O)c2cc(C)ccc2OC)C1c1ccncc1. The summed E-state index contributed by atoms with van der Waals surface area (Å²) in [5, 5.41) is 11.1. The number of ketones is 1. The molecule has 0 bridgehead atoms. The van der Waals surface area contributed by atoms with Crippen molar-refractivity contribution in [2.75, 3.05) is 13.7 Å². The van der Waals surface area contributed by atoms with Gasteiger partial charge in [-0.25, -0.2) is 0 Å². The first-order valence-corrected chi connectivity index (χ1v) is 9.33. The predicted molar refractivity (Wildman–Crippen MR) is 106 cm³/mol. The van der Waals surface area contributed by atoms with Crippen LogP contribution in [0.25, 0.3) is 5.76 Å². The molecule has 2 heterocycles. The van der Waals surface area contributed by atoms with Gasteiger partial charge in [-0.2, -0.15) is 0 Å². The number of unbranched alkanes of at least 4 members (excludes halogenated alkanes) is 1. The summed E-state index contributed by atoms with van der Waals surface area (Å²) in [5.41, 5.74) is 2.12. The van der Waals surface area contributed by atoms with Gasteiger partial charge in [-0.15, -0.1) is 0 Å². The van der Waals surface area contributed by atoms with Crippen LogP contribution < -0.4 is 4.74 Å². The van der Waals surface area contributed by atoms with E-state index in [1.165, 1.54) is 12.0 Å². The molecule has 28 heavy (non-hydrogen) atoms. The van der Waals surface area contributed by atoms with Crippen molar-refractivity contribution in [2.24, 2.45) is 0 Å². The van der Waals surface area contributed by atoms with Gasteiger partial charge in [0.15, 0.2) is 0 Å². The second kappa shape index (κ2) is 8.25. The normalized spacial score (nSPS) is 18.5. The van der Waals surface area contributed by atoms with Crippen LogP contribution in [0.5, 0.6) is 5.75 Å². The molecule has 0 radical (unpaired) electrons. The summed E-state index contributed by atoms with van der Waals surface area (Å²) in [6, 6.07) is 8.21. The number of methoxy groups -OCH3 is 1. The minimum Gasteiger partial charge on any atom is -0.507 e. The molecule has 1 unspecified atom stereocenters. The fourth-order valence-electron chi connectivity index (χ4n) is 3.48. The van der Waals surface area contributed by atoms with Crippen LogP contribution in [0.15, 0.2) is 48.3 Å². The second-order valence-corrected chi connectivity index (χ2v) is 6.83. The van der Waals surface area contributed by atoms with E-state index in [1.54, 1.807) is 36.7 Å². The number of hydrogen-bond acceptors (Lipinski definition) is 5. The third-order valence-corrected chi connectivity index (χ3v) is 4.92. The van der Waals surface area contributed by atoms with Crippen LogP contribution >= 0.6 is 0 Å². The number of ether oxygens (including phenoxy) is 1. The first-order valence-electron chi connectivity index (χ1n) is 9.33. The molecule has 1 aliphatic heterocycles. The number of aromatic nitrogens is 1. The van der Waals surface area contributed by atoms with Gasteiger partial charge < -0.3 is 14.7 Å². The monoisotopic (exact) mass is 380 g/mol. The van der Waals surface area contributed by atoms with E-state index < -0.39 is 17.7 Å². The molecule has 1 N–H and O–H groups in total. The Kier molecular flexibility index (Phi) is 5.78. The molecule has 1 aromatic heterocycles. The Labute approximate surface area is 164 Å². The maximum absolute atomic E-state index is 12.9. The molecule has 0 aliphatic carbocycles. The highest BCUT2D eigenvalue weighted by Crippen LogP contribution is 2.41. The summed E-state index contributed by atoms with van der Waals surface area (Å²) in [6.45, 7) is 4.35. The van der Waals surface area contributed by atoms with Crippen LogP contribution in [0.2, 0.25) is 0 Å². The van der Waals surface area contributed by atoms with Crippen LogP contribution in [-0.4, -0.2) is 40.3 Å². The number of nitrogens with zero attached hydrogens (tertiary/aromatic N) is 2. The van der Waals surface area contributed by atoms with Gasteiger partial charge in [0.25, 0.3) is 11.7 Å². The summed E-state index contributed by atoms with van der Waals surface area (Å²) in [5.74, 6) is -1.06. The van der Waals surface area contributed by atoms with Crippen molar-refractivity contribution in [3.8, 4) is 5.75 Å². The number of hydrogen-bond donors (Lipinski definition) is 1. The van der Waals surface area contributed by atoms with Crippen LogP contribution in [-0.2, 0) is 9.59 Å². The summed E-state index contributed by atoms with van der Waals surface area (Å²) in [4.78, 5) is 31.2. The maximum atomic E-state index is 12.9. The largest absolute Gasteiger partial charge is 0.507 e. The van der Waals surface area contributed by atoms with Crippen molar-refractivity contribution in [1.29, 1.82) is 0 Å². The third kappa shape index (κ3) is 3.50. The van der Waals surface area contributed by atoms with E-state index in [9.17, 15) is 14.7 Å². The molecule has 1 amide bonds. The number of amides is 1. The molecule has 146 valence electrons.